The predicted molar refractivity (Wildman–Crippen MR) is 72.3 cm³/mol. The van der Waals surface area contributed by atoms with Gasteiger partial charge in [-0.3, -0.25) is 4.84 Å². The molecule has 0 spiro atoms. The Hall–Kier alpha value is -0.980. The smallest absolute Gasteiger partial charge is 0.178 e. The maximum atomic E-state index is 13.4. The lowest BCUT2D eigenvalue weighted by molar-refractivity contribution is -0.0422. The van der Waals surface area contributed by atoms with Crippen LogP contribution in [0.15, 0.2) is 23.1 Å². The normalized spacial score (nSPS) is 25.6. The summed E-state index contributed by atoms with van der Waals surface area (Å²) in [7, 11) is -3.29. The Labute approximate surface area is 118 Å². The van der Waals surface area contributed by atoms with Gasteiger partial charge in [-0.05, 0) is 43.0 Å². The monoisotopic (exact) mass is 299 g/mol. The van der Waals surface area contributed by atoms with Crippen LogP contribution in [0.4, 0.5) is 4.39 Å². The largest absolute Gasteiger partial charge is 0.298 e. The Morgan fingerprint density at radius 3 is 2.70 bits per heavy atom. The number of hydroxylamine groups is 1. The zero-order valence-electron chi connectivity index (χ0n) is 11.1. The molecule has 0 saturated heterocycles. The van der Waals surface area contributed by atoms with Gasteiger partial charge in [-0.25, -0.2) is 12.8 Å². The molecule has 1 saturated carbocycles. The van der Waals surface area contributed by atoms with Gasteiger partial charge in [-0.1, -0.05) is 12.8 Å². The van der Waals surface area contributed by atoms with Crippen LogP contribution >= 0.6 is 0 Å². The van der Waals surface area contributed by atoms with E-state index in [2.05, 4.69) is 5.48 Å². The molecule has 1 aliphatic heterocycles. The summed E-state index contributed by atoms with van der Waals surface area (Å²) in [5.41, 5.74) is 3.43. The first-order valence-electron chi connectivity index (χ1n) is 7.00. The van der Waals surface area contributed by atoms with Crippen molar-refractivity contribution in [3.05, 3.63) is 29.6 Å². The molecular weight excluding hydrogens is 281 g/mol. The number of sulfone groups is 1. The second-order valence-electron chi connectivity index (χ2n) is 5.48. The van der Waals surface area contributed by atoms with Crippen molar-refractivity contribution in [2.24, 2.45) is 0 Å². The fraction of sp³-hybridized carbons (Fsp3) is 0.571. The topological polar surface area (TPSA) is 55.4 Å². The summed E-state index contributed by atoms with van der Waals surface area (Å²) in [6.07, 6.45) is 4.96. The highest BCUT2D eigenvalue weighted by molar-refractivity contribution is 7.91. The van der Waals surface area contributed by atoms with Crippen LogP contribution in [-0.4, -0.2) is 20.3 Å². The van der Waals surface area contributed by atoms with E-state index < -0.39 is 15.7 Å². The van der Waals surface area contributed by atoms with Crippen molar-refractivity contribution in [2.45, 2.75) is 49.1 Å². The van der Waals surface area contributed by atoms with Crippen LogP contribution in [0.25, 0.3) is 0 Å². The van der Waals surface area contributed by atoms with E-state index in [9.17, 15) is 12.8 Å². The summed E-state index contributed by atoms with van der Waals surface area (Å²) in [4.78, 5) is 5.86. The van der Waals surface area contributed by atoms with E-state index in [1.165, 1.54) is 18.2 Å². The number of halogens is 1. The van der Waals surface area contributed by atoms with Crippen LogP contribution < -0.4 is 5.48 Å². The first-order chi connectivity index (χ1) is 9.56. The minimum atomic E-state index is -3.29. The fourth-order valence-electron chi connectivity index (χ4n) is 2.92. The summed E-state index contributed by atoms with van der Waals surface area (Å²) in [6, 6.07) is 3.58. The van der Waals surface area contributed by atoms with E-state index in [-0.39, 0.29) is 22.8 Å². The zero-order chi connectivity index (χ0) is 14.2. The van der Waals surface area contributed by atoms with Crippen LogP contribution in [0.1, 0.15) is 43.7 Å². The van der Waals surface area contributed by atoms with E-state index in [4.69, 9.17) is 4.84 Å². The zero-order valence-corrected chi connectivity index (χ0v) is 12.0. The Bertz CT molecular complexity index is 596. The van der Waals surface area contributed by atoms with Crippen molar-refractivity contribution in [3.8, 4) is 0 Å². The molecule has 3 rings (SSSR count). The van der Waals surface area contributed by atoms with Crippen molar-refractivity contribution in [1.29, 1.82) is 0 Å². The van der Waals surface area contributed by atoms with E-state index >= 15 is 0 Å². The first kappa shape index (κ1) is 14.0. The SMILES string of the molecule is O=S1(=O)CCC(NOC2CCCC2)c2cc(F)ccc21. The van der Waals surface area contributed by atoms with E-state index in [0.717, 1.165) is 25.7 Å². The Kier molecular flexibility index (Phi) is 3.79. The van der Waals surface area contributed by atoms with Crippen LogP contribution in [0.2, 0.25) is 0 Å². The molecule has 4 nitrogen and oxygen atoms in total. The van der Waals surface area contributed by atoms with E-state index in [0.29, 0.717) is 12.0 Å². The summed E-state index contributed by atoms with van der Waals surface area (Å²) >= 11 is 0. The van der Waals surface area contributed by atoms with Gasteiger partial charge in [0.1, 0.15) is 5.82 Å². The highest BCUT2D eigenvalue weighted by Crippen LogP contribution is 2.33. The Morgan fingerprint density at radius 1 is 1.20 bits per heavy atom. The molecule has 1 aromatic rings. The van der Waals surface area contributed by atoms with Crippen molar-refractivity contribution in [2.75, 3.05) is 5.75 Å². The number of benzene rings is 1. The average Bonchev–Trinajstić information content (AvgIpc) is 2.90. The fourth-order valence-corrected chi connectivity index (χ4v) is 4.52. The van der Waals surface area contributed by atoms with Gasteiger partial charge in [0, 0.05) is 0 Å². The Morgan fingerprint density at radius 2 is 1.95 bits per heavy atom. The number of fused-ring (bicyclic) bond motifs is 1. The molecule has 1 unspecified atom stereocenters. The summed E-state index contributed by atoms with van der Waals surface area (Å²) in [5, 5.41) is 0. The molecule has 1 aromatic carbocycles. The molecule has 1 heterocycles. The standard InChI is InChI=1S/C14H18FNO3S/c15-10-5-6-14-12(9-10)13(7-8-20(14,17)18)16-19-11-3-1-2-4-11/h5-6,9,11,13,16H,1-4,7-8H2. The lowest BCUT2D eigenvalue weighted by Crippen LogP contribution is -2.32. The molecule has 1 atom stereocenters. The number of rotatable bonds is 3. The molecule has 1 fully saturated rings. The van der Waals surface area contributed by atoms with Crippen molar-refractivity contribution in [1.82, 2.24) is 5.48 Å². The molecule has 1 aliphatic carbocycles. The average molecular weight is 299 g/mol. The molecule has 2 aliphatic rings. The maximum absolute atomic E-state index is 13.4. The molecule has 0 amide bonds. The minimum absolute atomic E-state index is 0.0668. The third kappa shape index (κ3) is 2.73. The van der Waals surface area contributed by atoms with Gasteiger partial charge in [-0.15, -0.1) is 0 Å². The summed E-state index contributed by atoms with van der Waals surface area (Å²) < 4.78 is 37.4. The van der Waals surface area contributed by atoms with Gasteiger partial charge < -0.3 is 0 Å². The summed E-state index contributed by atoms with van der Waals surface area (Å²) in [5.74, 6) is -0.356. The van der Waals surface area contributed by atoms with Gasteiger partial charge in [0.05, 0.1) is 22.8 Å². The number of hydrogen-bond acceptors (Lipinski definition) is 4. The molecule has 6 heteroatoms. The number of nitrogens with one attached hydrogen (secondary N) is 1. The van der Waals surface area contributed by atoms with E-state index in [1.54, 1.807) is 0 Å². The van der Waals surface area contributed by atoms with Crippen molar-refractivity contribution < 1.29 is 17.6 Å². The second kappa shape index (κ2) is 5.42. The third-order valence-electron chi connectivity index (χ3n) is 4.04. The molecule has 110 valence electrons. The molecular formula is C14H18FNO3S. The van der Waals surface area contributed by atoms with Gasteiger partial charge in [0.15, 0.2) is 9.84 Å². The highest BCUT2D eigenvalue weighted by atomic mass is 32.2. The van der Waals surface area contributed by atoms with Crippen LogP contribution in [0.3, 0.4) is 0 Å². The van der Waals surface area contributed by atoms with Crippen LogP contribution in [0.5, 0.6) is 0 Å². The van der Waals surface area contributed by atoms with Gasteiger partial charge in [0.25, 0.3) is 0 Å². The molecule has 1 N–H and O–H groups in total. The summed E-state index contributed by atoms with van der Waals surface area (Å²) in [6.45, 7) is 0. The van der Waals surface area contributed by atoms with Crippen LogP contribution in [0, 0.1) is 5.82 Å². The van der Waals surface area contributed by atoms with Crippen LogP contribution in [-0.2, 0) is 14.7 Å². The quantitative estimate of drug-likeness (QED) is 0.688. The minimum Gasteiger partial charge on any atom is -0.298 e. The lowest BCUT2D eigenvalue weighted by Gasteiger charge is -2.27. The number of hydrogen-bond donors (Lipinski definition) is 1. The van der Waals surface area contributed by atoms with E-state index in [1.807, 2.05) is 0 Å². The van der Waals surface area contributed by atoms with Crippen molar-refractivity contribution >= 4 is 9.84 Å². The molecule has 20 heavy (non-hydrogen) atoms. The maximum Gasteiger partial charge on any atom is 0.178 e. The second-order valence-corrected chi connectivity index (χ2v) is 7.56. The third-order valence-corrected chi connectivity index (χ3v) is 5.85. The molecule has 0 aromatic heterocycles. The van der Waals surface area contributed by atoms with Gasteiger partial charge in [-0.2, -0.15) is 5.48 Å². The first-order valence-corrected chi connectivity index (χ1v) is 8.65. The molecule has 0 bridgehead atoms. The lowest BCUT2D eigenvalue weighted by atomic mass is 10.0. The van der Waals surface area contributed by atoms with Gasteiger partial charge in [0.2, 0.25) is 0 Å². The van der Waals surface area contributed by atoms with Gasteiger partial charge >= 0.3 is 0 Å². The predicted octanol–water partition coefficient (Wildman–Crippen LogP) is 2.51. The Balaban J connectivity index is 1.81. The molecule has 0 radical (unpaired) electrons. The van der Waals surface area contributed by atoms with Crippen molar-refractivity contribution in [3.63, 3.8) is 0 Å². The highest BCUT2D eigenvalue weighted by Gasteiger charge is 2.31.